The number of aryl methyl sites for hydroxylation is 1. The molecule has 1 fully saturated rings. The Hall–Kier alpha value is -1.29. The van der Waals surface area contributed by atoms with Crippen molar-refractivity contribution in [2.75, 3.05) is 6.61 Å². The van der Waals surface area contributed by atoms with E-state index in [1.807, 2.05) is 0 Å². The summed E-state index contributed by atoms with van der Waals surface area (Å²) in [6.07, 6.45) is -1.46. The summed E-state index contributed by atoms with van der Waals surface area (Å²) in [4.78, 5) is 42.3. The predicted molar refractivity (Wildman–Crippen MR) is 68.5 cm³/mol. The molecule has 1 saturated heterocycles. The molecule has 0 aromatic carbocycles. The fraction of sp³-hybridized carbons (Fsp3) is 0.600. The quantitative estimate of drug-likeness (QED) is 0.482. The molecule has 0 radical (unpaired) electrons. The van der Waals surface area contributed by atoms with Crippen LogP contribution in [0.15, 0.2) is 15.8 Å². The van der Waals surface area contributed by atoms with Gasteiger partial charge in [-0.1, -0.05) is 0 Å². The molecule has 118 valence electrons. The van der Waals surface area contributed by atoms with Gasteiger partial charge in [-0.25, -0.2) is 9.36 Å². The van der Waals surface area contributed by atoms with Gasteiger partial charge >= 0.3 is 13.5 Å². The first kappa shape index (κ1) is 16.1. The fourth-order valence-corrected chi connectivity index (χ4v) is 2.40. The van der Waals surface area contributed by atoms with Crippen molar-refractivity contribution < 1.29 is 28.7 Å². The molecule has 2 rings (SSSR count). The molecule has 0 spiro atoms. The van der Waals surface area contributed by atoms with Gasteiger partial charge in [-0.3, -0.25) is 14.3 Å². The molecule has 21 heavy (non-hydrogen) atoms. The van der Waals surface area contributed by atoms with Crippen LogP contribution in [0.2, 0.25) is 0 Å². The van der Waals surface area contributed by atoms with Gasteiger partial charge in [0.25, 0.3) is 5.56 Å². The van der Waals surface area contributed by atoms with Gasteiger partial charge in [-0.15, -0.1) is 0 Å². The molecular formula is C10H15N2O8P. The van der Waals surface area contributed by atoms with Crippen LogP contribution in [-0.2, 0) is 20.9 Å². The van der Waals surface area contributed by atoms with Crippen LogP contribution in [0.3, 0.4) is 0 Å². The number of phosphoric ester groups is 1. The molecule has 11 heteroatoms. The summed E-state index contributed by atoms with van der Waals surface area (Å²) in [6.45, 7) is -0.508. The Morgan fingerprint density at radius 3 is 2.81 bits per heavy atom. The number of nitrogens with one attached hydrogen (secondary N) is 1. The summed E-state index contributed by atoms with van der Waals surface area (Å²) in [5, 5.41) is 9.79. The third kappa shape index (κ3) is 3.88. The normalized spacial score (nSPS) is 26.2. The van der Waals surface area contributed by atoms with Crippen molar-refractivity contribution >= 4 is 7.82 Å². The van der Waals surface area contributed by atoms with Crippen molar-refractivity contribution in [1.82, 2.24) is 9.55 Å². The number of aliphatic hydroxyl groups is 1. The van der Waals surface area contributed by atoms with Gasteiger partial charge in [-0.2, -0.15) is 0 Å². The average molecular weight is 322 g/mol. The number of ether oxygens (including phenoxy) is 1. The van der Waals surface area contributed by atoms with Gasteiger partial charge in [0.2, 0.25) is 0 Å². The van der Waals surface area contributed by atoms with E-state index in [1.54, 1.807) is 0 Å². The maximum Gasteiger partial charge on any atom is 0.469 e. The second-order valence-electron chi connectivity index (χ2n) is 4.71. The lowest BCUT2D eigenvalue weighted by Crippen LogP contribution is -2.31. The minimum absolute atomic E-state index is 0.0521. The lowest BCUT2D eigenvalue weighted by molar-refractivity contribution is -0.0226. The van der Waals surface area contributed by atoms with E-state index in [-0.39, 0.29) is 12.0 Å². The molecule has 3 atom stereocenters. The highest BCUT2D eigenvalue weighted by Gasteiger charge is 2.37. The van der Waals surface area contributed by atoms with E-state index in [9.17, 15) is 19.3 Å². The lowest BCUT2D eigenvalue weighted by atomic mass is 10.1. The monoisotopic (exact) mass is 322 g/mol. The molecule has 0 saturated carbocycles. The van der Waals surface area contributed by atoms with E-state index in [0.717, 1.165) is 4.57 Å². The first-order valence-corrected chi connectivity index (χ1v) is 7.54. The lowest BCUT2D eigenvalue weighted by Gasteiger charge is -2.15. The Labute approximate surface area is 118 Å². The minimum Gasteiger partial charge on any atom is -0.390 e. The number of H-pyrrole nitrogens is 1. The molecule has 4 N–H and O–H groups in total. The predicted octanol–water partition coefficient (Wildman–Crippen LogP) is -1.63. The van der Waals surface area contributed by atoms with E-state index in [4.69, 9.17) is 14.5 Å². The van der Waals surface area contributed by atoms with Gasteiger partial charge in [0.15, 0.2) is 0 Å². The molecule has 0 bridgehead atoms. The van der Waals surface area contributed by atoms with Gasteiger partial charge in [0, 0.05) is 19.7 Å². The van der Waals surface area contributed by atoms with Crippen LogP contribution in [0, 0.1) is 0 Å². The van der Waals surface area contributed by atoms with Gasteiger partial charge in [0.05, 0.1) is 24.4 Å². The molecule has 0 unspecified atom stereocenters. The van der Waals surface area contributed by atoms with Crippen molar-refractivity contribution in [2.45, 2.75) is 24.7 Å². The van der Waals surface area contributed by atoms with E-state index in [0.29, 0.717) is 0 Å². The summed E-state index contributed by atoms with van der Waals surface area (Å²) in [5.74, 6) is 0. The summed E-state index contributed by atoms with van der Waals surface area (Å²) in [5.41, 5.74) is -1.06. The zero-order valence-electron chi connectivity index (χ0n) is 11.0. The van der Waals surface area contributed by atoms with Crippen LogP contribution < -0.4 is 11.2 Å². The maximum atomic E-state index is 11.7. The van der Waals surface area contributed by atoms with Gasteiger partial charge in [-0.05, 0) is 0 Å². The Bertz CT molecular complexity index is 676. The standard InChI is InChI=1S/C10H15N2O8P/c1-12-3-5(9(14)11-10(12)15)7-2-6(13)8(20-7)4-19-21(16,17)18/h3,6-8,13H,2,4H2,1H3,(H,11,14,15)(H2,16,17,18)/t6-,7+,8+/m0/s1. The van der Waals surface area contributed by atoms with Gasteiger partial charge < -0.3 is 24.2 Å². The zero-order chi connectivity index (χ0) is 15.8. The third-order valence-corrected chi connectivity index (χ3v) is 3.60. The smallest absolute Gasteiger partial charge is 0.390 e. The molecule has 2 heterocycles. The highest BCUT2D eigenvalue weighted by atomic mass is 31.2. The molecule has 1 aromatic rings. The van der Waals surface area contributed by atoms with Crippen molar-refractivity contribution in [3.8, 4) is 0 Å². The summed E-state index contributed by atoms with van der Waals surface area (Å²) in [6, 6.07) is 0. The summed E-state index contributed by atoms with van der Waals surface area (Å²) in [7, 11) is -3.22. The van der Waals surface area contributed by atoms with Crippen LogP contribution in [0.1, 0.15) is 18.1 Å². The minimum atomic E-state index is -4.66. The Morgan fingerprint density at radius 1 is 1.52 bits per heavy atom. The maximum absolute atomic E-state index is 11.7. The second-order valence-corrected chi connectivity index (χ2v) is 5.95. The number of rotatable bonds is 4. The number of aromatic nitrogens is 2. The van der Waals surface area contributed by atoms with Crippen LogP contribution in [0.5, 0.6) is 0 Å². The molecule has 0 amide bonds. The van der Waals surface area contributed by atoms with E-state index in [1.165, 1.54) is 13.2 Å². The largest absolute Gasteiger partial charge is 0.469 e. The molecular weight excluding hydrogens is 307 g/mol. The molecule has 0 aliphatic carbocycles. The van der Waals surface area contributed by atoms with Crippen LogP contribution in [0.25, 0.3) is 0 Å². The highest BCUT2D eigenvalue weighted by molar-refractivity contribution is 7.46. The van der Waals surface area contributed by atoms with Crippen LogP contribution in [0.4, 0.5) is 0 Å². The van der Waals surface area contributed by atoms with Crippen molar-refractivity contribution in [1.29, 1.82) is 0 Å². The number of hydrogen-bond donors (Lipinski definition) is 4. The highest BCUT2D eigenvalue weighted by Crippen LogP contribution is 2.38. The zero-order valence-corrected chi connectivity index (χ0v) is 11.9. The van der Waals surface area contributed by atoms with E-state index >= 15 is 0 Å². The Balaban J connectivity index is 2.14. The second kappa shape index (κ2) is 5.84. The topological polar surface area (TPSA) is 151 Å². The summed E-state index contributed by atoms with van der Waals surface area (Å²) < 4.78 is 21.4. The Kier molecular flexibility index (Phi) is 4.47. The van der Waals surface area contributed by atoms with E-state index < -0.39 is 44.0 Å². The first-order chi connectivity index (χ1) is 9.67. The van der Waals surface area contributed by atoms with Crippen LogP contribution >= 0.6 is 7.82 Å². The number of hydrogen-bond acceptors (Lipinski definition) is 6. The first-order valence-electron chi connectivity index (χ1n) is 6.01. The SMILES string of the molecule is Cn1cc([C@H]2C[C@H](O)[C@@H](COP(=O)(O)O)O2)c(=O)[nH]c1=O. The molecule has 1 aliphatic rings. The molecule has 10 nitrogen and oxygen atoms in total. The molecule has 1 aromatic heterocycles. The van der Waals surface area contributed by atoms with Crippen LogP contribution in [-0.4, -0.2) is 43.3 Å². The molecule has 1 aliphatic heterocycles. The van der Waals surface area contributed by atoms with Crippen molar-refractivity contribution in [3.05, 3.63) is 32.6 Å². The number of aliphatic hydroxyl groups excluding tert-OH is 1. The number of aromatic amines is 1. The average Bonchev–Trinajstić information content (AvgIpc) is 2.72. The Morgan fingerprint density at radius 2 is 2.19 bits per heavy atom. The number of nitrogens with zero attached hydrogens (tertiary/aromatic N) is 1. The van der Waals surface area contributed by atoms with Gasteiger partial charge in [0.1, 0.15) is 6.10 Å². The van der Waals surface area contributed by atoms with Crippen molar-refractivity contribution in [3.63, 3.8) is 0 Å². The number of phosphoric acid groups is 1. The third-order valence-electron chi connectivity index (χ3n) is 3.11. The summed E-state index contributed by atoms with van der Waals surface area (Å²) >= 11 is 0. The fourth-order valence-electron chi connectivity index (χ4n) is 2.06. The van der Waals surface area contributed by atoms with E-state index in [2.05, 4.69) is 9.51 Å². The van der Waals surface area contributed by atoms with Crippen molar-refractivity contribution in [2.24, 2.45) is 7.05 Å².